The lowest BCUT2D eigenvalue weighted by Crippen LogP contribution is -2.39. The molecule has 1 aromatic heterocycles. The molecule has 0 spiro atoms. The van der Waals surface area contributed by atoms with Gasteiger partial charge in [-0.05, 0) is 30.0 Å². The first-order valence-corrected chi connectivity index (χ1v) is 9.85. The third kappa shape index (κ3) is 5.06. The zero-order valence-electron chi connectivity index (χ0n) is 17.8. The highest BCUT2D eigenvalue weighted by Crippen LogP contribution is 2.29. The fraction of sp³-hybridized carbons (Fsp3) is 0.524. The average molecular weight is 404 g/mol. The van der Waals surface area contributed by atoms with E-state index >= 15 is 0 Å². The van der Waals surface area contributed by atoms with Crippen LogP contribution in [0.2, 0.25) is 0 Å². The molecular formula is C21H30FN5O2. The minimum atomic E-state index is -0.271. The van der Waals surface area contributed by atoms with E-state index in [4.69, 9.17) is 9.47 Å². The van der Waals surface area contributed by atoms with Gasteiger partial charge in [-0.2, -0.15) is 5.10 Å². The van der Waals surface area contributed by atoms with Crippen molar-refractivity contribution in [3.63, 3.8) is 0 Å². The predicted molar refractivity (Wildman–Crippen MR) is 111 cm³/mol. The number of guanidine groups is 1. The molecule has 3 rings (SSSR count). The molecule has 1 aromatic carbocycles. The highest BCUT2D eigenvalue weighted by atomic mass is 19.1. The van der Waals surface area contributed by atoms with Crippen molar-refractivity contribution in [3.05, 3.63) is 46.5 Å². The molecule has 1 aliphatic heterocycles. The summed E-state index contributed by atoms with van der Waals surface area (Å²) in [6.07, 6.45) is 2.68. The van der Waals surface area contributed by atoms with Gasteiger partial charge in [0.15, 0.2) is 12.8 Å². The number of aryl methyl sites for hydroxylation is 1. The molecule has 0 atom stereocenters. The number of halogens is 1. The lowest BCUT2D eigenvalue weighted by atomic mass is 10.1. The van der Waals surface area contributed by atoms with Crippen molar-refractivity contribution >= 4 is 5.96 Å². The van der Waals surface area contributed by atoms with Gasteiger partial charge in [-0.15, -0.1) is 0 Å². The van der Waals surface area contributed by atoms with Crippen molar-refractivity contribution in [3.8, 4) is 5.75 Å². The molecule has 8 heteroatoms. The van der Waals surface area contributed by atoms with Crippen molar-refractivity contribution < 1.29 is 13.9 Å². The molecule has 0 radical (unpaired) electrons. The van der Waals surface area contributed by atoms with Crippen molar-refractivity contribution in [2.45, 2.75) is 39.3 Å². The van der Waals surface area contributed by atoms with Crippen LogP contribution < -0.4 is 10.1 Å². The second-order valence-electron chi connectivity index (χ2n) is 7.61. The van der Waals surface area contributed by atoms with Crippen LogP contribution in [0, 0.1) is 5.82 Å². The first-order chi connectivity index (χ1) is 13.9. The summed E-state index contributed by atoms with van der Waals surface area (Å²) in [5, 5.41) is 7.93. The molecule has 1 aliphatic rings. The Morgan fingerprint density at radius 3 is 2.90 bits per heavy atom. The number of aliphatic imine (C=N–C) groups is 1. The van der Waals surface area contributed by atoms with Gasteiger partial charge in [-0.1, -0.05) is 13.8 Å². The average Bonchev–Trinajstić information content (AvgIpc) is 3.05. The van der Waals surface area contributed by atoms with E-state index in [0.29, 0.717) is 32.0 Å². The Labute approximate surface area is 171 Å². The summed E-state index contributed by atoms with van der Waals surface area (Å²) in [5.74, 6) is 1.60. The van der Waals surface area contributed by atoms with E-state index in [1.54, 1.807) is 7.05 Å². The topological polar surface area (TPSA) is 63.9 Å². The summed E-state index contributed by atoms with van der Waals surface area (Å²) in [7, 11) is 5.70. The molecule has 29 heavy (non-hydrogen) atoms. The molecule has 1 N–H and O–H groups in total. The van der Waals surface area contributed by atoms with E-state index in [1.807, 2.05) is 18.8 Å². The molecule has 2 heterocycles. The summed E-state index contributed by atoms with van der Waals surface area (Å²) < 4.78 is 26.6. The number of ether oxygens (including phenoxy) is 2. The van der Waals surface area contributed by atoms with Crippen molar-refractivity contribution in [1.82, 2.24) is 20.0 Å². The lowest BCUT2D eigenvalue weighted by Gasteiger charge is -2.23. The zero-order chi connectivity index (χ0) is 21.0. The van der Waals surface area contributed by atoms with Crippen molar-refractivity contribution in [2.24, 2.45) is 12.0 Å². The zero-order valence-corrected chi connectivity index (χ0v) is 17.8. The second kappa shape index (κ2) is 9.26. The number of hydrogen-bond acceptors (Lipinski definition) is 4. The molecule has 0 bridgehead atoms. The summed E-state index contributed by atoms with van der Waals surface area (Å²) in [6.45, 7) is 6.18. The van der Waals surface area contributed by atoms with Gasteiger partial charge in [0.2, 0.25) is 0 Å². The maximum absolute atomic E-state index is 13.9. The van der Waals surface area contributed by atoms with E-state index < -0.39 is 0 Å². The van der Waals surface area contributed by atoms with Crippen LogP contribution in [0.25, 0.3) is 0 Å². The summed E-state index contributed by atoms with van der Waals surface area (Å²) in [5.41, 5.74) is 3.87. The third-order valence-electron chi connectivity index (χ3n) is 4.89. The molecule has 0 amide bonds. The van der Waals surface area contributed by atoms with Crippen LogP contribution in [0.3, 0.4) is 0 Å². The van der Waals surface area contributed by atoms with Crippen molar-refractivity contribution in [1.29, 1.82) is 0 Å². The molecule has 7 nitrogen and oxygen atoms in total. The van der Waals surface area contributed by atoms with E-state index in [2.05, 4.69) is 40.4 Å². The van der Waals surface area contributed by atoms with Crippen LogP contribution in [0.1, 0.15) is 42.1 Å². The van der Waals surface area contributed by atoms with Crippen molar-refractivity contribution in [2.75, 3.05) is 27.4 Å². The van der Waals surface area contributed by atoms with E-state index in [0.717, 1.165) is 28.5 Å². The Bertz CT molecular complexity index is 878. The Morgan fingerprint density at radius 2 is 2.17 bits per heavy atom. The minimum absolute atomic E-state index is 0.201. The third-order valence-corrected chi connectivity index (χ3v) is 4.89. The summed E-state index contributed by atoms with van der Waals surface area (Å²) >= 11 is 0. The molecule has 0 saturated heterocycles. The first kappa shape index (κ1) is 21.1. The molecule has 158 valence electrons. The van der Waals surface area contributed by atoms with E-state index in [-0.39, 0.29) is 12.6 Å². The second-order valence-corrected chi connectivity index (χ2v) is 7.61. The van der Waals surface area contributed by atoms with Gasteiger partial charge in [0.1, 0.15) is 11.6 Å². The number of hydrogen-bond donors (Lipinski definition) is 1. The van der Waals surface area contributed by atoms with Crippen LogP contribution in [-0.2, 0) is 31.4 Å². The Kier molecular flexibility index (Phi) is 6.74. The number of benzene rings is 1. The molecule has 0 fully saturated rings. The Morgan fingerprint density at radius 1 is 1.38 bits per heavy atom. The largest absolute Gasteiger partial charge is 0.467 e. The normalized spacial score (nSPS) is 14.0. The standard InChI is InChI=1S/C21H30FN5O2/c1-14(2)19-17(11-27(5)25-19)10-26(4)21(23-3)24-7-6-15-8-18(22)9-16-12-28-13-29-20(15)16/h8-9,11,14H,6-7,10,12-13H2,1-5H3,(H,23,24). The maximum atomic E-state index is 13.9. The Balaban J connectivity index is 1.62. The fourth-order valence-corrected chi connectivity index (χ4v) is 3.63. The monoisotopic (exact) mass is 403 g/mol. The quantitative estimate of drug-likeness (QED) is 0.594. The first-order valence-electron chi connectivity index (χ1n) is 9.85. The van der Waals surface area contributed by atoms with Gasteiger partial charge >= 0.3 is 0 Å². The number of rotatable bonds is 6. The van der Waals surface area contributed by atoms with Crippen LogP contribution in [0.15, 0.2) is 23.3 Å². The SMILES string of the molecule is CN=C(NCCc1cc(F)cc2c1OCOC2)N(C)Cc1cn(C)nc1C(C)C. The van der Waals surface area contributed by atoms with Gasteiger partial charge in [0.05, 0.1) is 12.3 Å². The molecule has 0 aliphatic carbocycles. The van der Waals surface area contributed by atoms with Crippen LogP contribution in [0.5, 0.6) is 5.75 Å². The minimum Gasteiger partial charge on any atom is -0.467 e. The van der Waals surface area contributed by atoms with Gasteiger partial charge in [-0.25, -0.2) is 4.39 Å². The predicted octanol–water partition coefficient (Wildman–Crippen LogP) is 2.80. The number of aromatic nitrogens is 2. The maximum Gasteiger partial charge on any atom is 0.193 e. The van der Waals surface area contributed by atoms with Crippen LogP contribution in [0.4, 0.5) is 4.39 Å². The fourth-order valence-electron chi connectivity index (χ4n) is 3.63. The van der Waals surface area contributed by atoms with E-state index in [9.17, 15) is 4.39 Å². The van der Waals surface area contributed by atoms with Gasteiger partial charge < -0.3 is 19.7 Å². The Hall–Kier alpha value is -2.61. The molecule has 0 saturated carbocycles. The van der Waals surface area contributed by atoms with Crippen LogP contribution >= 0.6 is 0 Å². The number of nitrogens with one attached hydrogen (secondary N) is 1. The number of nitrogens with zero attached hydrogens (tertiary/aromatic N) is 4. The summed E-state index contributed by atoms with van der Waals surface area (Å²) in [6, 6.07) is 3.00. The lowest BCUT2D eigenvalue weighted by molar-refractivity contribution is -0.0172. The van der Waals surface area contributed by atoms with E-state index in [1.165, 1.54) is 17.7 Å². The highest BCUT2D eigenvalue weighted by Gasteiger charge is 2.18. The smallest absolute Gasteiger partial charge is 0.193 e. The van der Waals surface area contributed by atoms with Crippen LogP contribution in [-0.4, -0.2) is 48.1 Å². The molecule has 0 unspecified atom stereocenters. The molecule has 2 aromatic rings. The highest BCUT2D eigenvalue weighted by molar-refractivity contribution is 5.79. The summed E-state index contributed by atoms with van der Waals surface area (Å²) in [4.78, 5) is 6.44. The van der Waals surface area contributed by atoms with Gasteiger partial charge in [0.25, 0.3) is 0 Å². The molecular weight excluding hydrogens is 373 g/mol. The van der Waals surface area contributed by atoms with Gasteiger partial charge in [-0.3, -0.25) is 9.67 Å². The van der Waals surface area contributed by atoms with Gasteiger partial charge in [0, 0.05) is 51.6 Å². The number of fused-ring (bicyclic) bond motifs is 1.